The van der Waals surface area contributed by atoms with Crippen molar-refractivity contribution in [1.29, 1.82) is 0 Å². The highest BCUT2D eigenvalue weighted by Crippen LogP contribution is 2.38. The van der Waals surface area contributed by atoms with Gasteiger partial charge in [-0.1, -0.05) is 48.4 Å². The molecular formula is C25H24O5. The van der Waals surface area contributed by atoms with E-state index < -0.39 is 11.4 Å². The van der Waals surface area contributed by atoms with Crippen LogP contribution in [0.3, 0.4) is 0 Å². The largest absolute Gasteiger partial charge is 0.506 e. The molecule has 30 heavy (non-hydrogen) atoms. The standard InChI is InChI=1S/C25H24O5/c1-15-10-12-16(13-11-15)19(17-6-2-4-8-20(17)26)14-21(27)23-24(28)18-7-3-5-9-22(18)30-25(23)29/h3,5,7,9-13,17,19,28H,2,4,6,8,14H2,1H3/t17-,19-/m1/s1. The van der Waals surface area contributed by atoms with Gasteiger partial charge in [-0.3, -0.25) is 9.59 Å². The summed E-state index contributed by atoms with van der Waals surface area (Å²) in [5.74, 6) is -1.30. The number of fused-ring (bicyclic) bond motifs is 1. The van der Waals surface area contributed by atoms with Crippen molar-refractivity contribution < 1.29 is 19.1 Å². The third kappa shape index (κ3) is 3.80. The summed E-state index contributed by atoms with van der Waals surface area (Å²) >= 11 is 0. The summed E-state index contributed by atoms with van der Waals surface area (Å²) < 4.78 is 5.26. The molecule has 1 aromatic heterocycles. The summed E-state index contributed by atoms with van der Waals surface area (Å²) in [6, 6.07) is 14.4. The molecule has 1 N–H and O–H groups in total. The summed E-state index contributed by atoms with van der Waals surface area (Å²) in [5.41, 5.74) is 1.03. The highest BCUT2D eigenvalue weighted by atomic mass is 16.4. The zero-order valence-corrected chi connectivity index (χ0v) is 16.9. The number of rotatable bonds is 5. The third-order valence-electron chi connectivity index (χ3n) is 6.06. The van der Waals surface area contributed by atoms with E-state index in [9.17, 15) is 19.5 Å². The second-order valence-electron chi connectivity index (χ2n) is 8.07. The van der Waals surface area contributed by atoms with Gasteiger partial charge in [0.1, 0.15) is 22.7 Å². The van der Waals surface area contributed by atoms with Crippen molar-refractivity contribution >= 4 is 22.5 Å². The molecule has 1 aliphatic rings. The number of Topliss-reactive ketones (excluding diaryl/α,β-unsaturated/α-hetero) is 2. The van der Waals surface area contributed by atoms with Crippen LogP contribution in [-0.4, -0.2) is 16.7 Å². The predicted molar refractivity (Wildman–Crippen MR) is 114 cm³/mol. The van der Waals surface area contributed by atoms with E-state index in [1.165, 1.54) is 0 Å². The monoisotopic (exact) mass is 404 g/mol. The highest BCUT2D eigenvalue weighted by molar-refractivity contribution is 6.03. The summed E-state index contributed by atoms with van der Waals surface area (Å²) in [4.78, 5) is 38.3. The number of hydrogen-bond donors (Lipinski definition) is 1. The molecule has 2 atom stereocenters. The average molecular weight is 404 g/mol. The molecule has 4 rings (SSSR count). The fourth-order valence-electron chi connectivity index (χ4n) is 4.42. The topological polar surface area (TPSA) is 84.6 Å². The van der Waals surface area contributed by atoms with Gasteiger partial charge in [0.15, 0.2) is 5.78 Å². The number of ketones is 2. The molecule has 3 aromatic rings. The fourth-order valence-corrected chi connectivity index (χ4v) is 4.42. The van der Waals surface area contributed by atoms with Crippen molar-refractivity contribution in [2.45, 2.75) is 44.9 Å². The lowest BCUT2D eigenvalue weighted by Crippen LogP contribution is -2.28. The van der Waals surface area contributed by atoms with Gasteiger partial charge in [0.25, 0.3) is 0 Å². The van der Waals surface area contributed by atoms with Gasteiger partial charge >= 0.3 is 5.63 Å². The molecule has 0 radical (unpaired) electrons. The smallest absolute Gasteiger partial charge is 0.351 e. The first-order valence-electron chi connectivity index (χ1n) is 10.3. The Labute approximate surface area is 174 Å². The van der Waals surface area contributed by atoms with E-state index in [4.69, 9.17) is 4.42 Å². The van der Waals surface area contributed by atoms with E-state index in [2.05, 4.69) is 0 Å². The molecule has 0 amide bonds. The number of aryl methyl sites for hydroxylation is 1. The Hall–Kier alpha value is -3.21. The van der Waals surface area contributed by atoms with Crippen LogP contribution in [0.1, 0.15) is 59.5 Å². The Morgan fingerprint density at radius 2 is 1.83 bits per heavy atom. The minimum Gasteiger partial charge on any atom is -0.506 e. The van der Waals surface area contributed by atoms with Gasteiger partial charge in [-0.25, -0.2) is 4.79 Å². The summed E-state index contributed by atoms with van der Waals surface area (Å²) in [5, 5.41) is 11.0. The zero-order chi connectivity index (χ0) is 21.3. The predicted octanol–water partition coefficient (Wildman–Crippen LogP) is 4.92. The van der Waals surface area contributed by atoms with Gasteiger partial charge in [0.2, 0.25) is 0 Å². The number of para-hydroxylation sites is 1. The maximum Gasteiger partial charge on any atom is 0.351 e. The van der Waals surface area contributed by atoms with Crippen molar-refractivity contribution in [3.8, 4) is 5.75 Å². The van der Waals surface area contributed by atoms with E-state index in [0.717, 1.165) is 30.4 Å². The van der Waals surface area contributed by atoms with Crippen molar-refractivity contribution in [2.75, 3.05) is 0 Å². The average Bonchev–Trinajstić information content (AvgIpc) is 2.73. The van der Waals surface area contributed by atoms with Crippen molar-refractivity contribution in [3.63, 3.8) is 0 Å². The van der Waals surface area contributed by atoms with E-state index in [0.29, 0.717) is 11.8 Å². The molecule has 1 aliphatic carbocycles. The molecule has 5 nitrogen and oxygen atoms in total. The lowest BCUT2D eigenvalue weighted by Gasteiger charge is -2.29. The molecule has 0 aliphatic heterocycles. The molecule has 0 spiro atoms. The van der Waals surface area contributed by atoms with Gasteiger partial charge in [-0.2, -0.15) is 0 Å². The minimum absolute atomic E-state index is 0.0316. The number of aromatic hydroxyl groups is 1. The number of hydrogen-bond acceptors (Lipinski definition) is 5. The quantitative estimate of drug-likeness (QED) is 0.482. The lowest BCUT2D eigenvalue weighted by atomic mass is 9.73. The molecule has 5 heteroatoms. The molecule has 1 saturated carbocycles. The molecule has 0 bridgehead atoms. The van der Waals surface area contributed by atoms with Crippen LogP contribution in [0.2, 0.25) is 0 Å². The van der Waals surface area contributed by atoms with Gasteiger partial charge in [-0.05, 0) is 37.5 Å². The minimum atomic E-state index is -0.853. The first-order chi connectivity index (χ1) is 14.5. The number of benzene rings is 2. The Morgan fingerprint density at radius 1 is 1.10 bits per heavy atom. The first-order valence-corrected chi connectivity index (χ1v) is 10.3. The van der Waals surface area contributed by atoms with Crippen LogP contribution in [0.25, 0.3) is 11.0 Å². The van der Waals surface area contributed by atoms with Crippen molar-refractivity contribution in [1.82, 2.24) is 0 Å². The lowest BCUT2D eigenvalue weighted by molar-refractivity contribution is -0.125. The van der Waals surface area contributed by atoms with Crippen LogP contribution in [0, 0.1) is 12.8 Å². The molecule has 1 fully saturated rings. The van der Waals surface area contributed by atoms with E-state index in [1.807, 2.05) is 31.2 Å². The maximum atomic E-state index is 13.2. The van der Waals surface area contributed by atoms with E-state index >= 15 is 0 Å². The van der Waals surface area contributed by atoms with Crippen LogP contribution >= 0.6 is 0 Å². The molecule has 0 unspecified atom stereocenters. The van der Waals surface area contributed by atoms with Crippen LogP contribution in [0.15, 0.2) is 57.7 Å². The molecule has 154 valence electrons. The van der Waals surface area contributed by atoms with Crippen LogP contribution in [0.5, 0.6) is 5.75 Å². The van der Waals surface area contributed by atoms with Gasteiger partial charge in [-0.15, -0.1) is 0 Å². The van der Waals surface area contributed by atoms with Crippen LogP contribution < -0.4 is 5.63 Å². The van der Waals surface area contributed by atoms with E-state index in [1.54, 1.807) is 24.3 Å². The summed E-state index contributed by atoms with van der Waals surface area (Å²) in [6.07, 6.45) is 3.03. The molecule has 0 saturated heterocycles. The van der Waals surface area contributed by atoms with Gasteiger partial charge in [0, 0.05) is 24.7 Å². The molecule has 2 aromatic carbocycles. The van der Waals surface area contributed by atoms with Gasteiger partial charge in [0.05, 0.1) is 5.39 Å². The van der Waals surface area contributed by atoms with Gasteiger partial charge < -0.3 is 9.52 Å². The normalized spacial score (nSPS) is 17.8. The number of carbonyl (C=O) groups is 2. The van der Waals surface area contributed by atoms with Crippen LogP contribution in [0.4, 0.5) is 0 Å². The second kappa shape index (κ2) is 8.27. The second-order valence-corrected chi connectivity index (χ2v) is 8.07. The molecular weight excluding hydrogens is 380 g/mol. The third-order valence-corrected chi connectivity index (χ3v) is 6.06. The fraction of sp³-hybridized carbons (Fsp3) is 0.320. The SMILES string of the molecule is Cc1ccc([C@@H](CC(=O)c2c(O)c3ccccc3oc2=O)[C@H]2CCCCC2=O)cc1. The summed E-state index contributed by atoms with van der Waals surface area (Å²) in [6.45, 7) is 1.98. The van der Waals surface area contributed by atoms with Crippen molar-refractivity contribution in [2.24, 2.45) is 5.92 Å². The highest BCUT2D eigenvalue weighted by Gasteiger charge is 2.34. The van der Waals surface area contributed by atoms with E-state index in [-0.39, 0.29) is 40.9 Å². The first kappa shape index (κ1) is 20.1. The molecule has 1 heterocycles. The zero-order valence-electron chi connectivity index (χ0n) is 16.9. The van der Waals surface area contributed by atoms with Crippen LogP contribution in [-0.2, 0) is 4.79 Å². The Bertz CT molecular complexity index is 1160. The van der Waals surface area contributed by atoms with Crippen molar-refractivity contribution in [3.05, 3.63) is 75.6 Å². The number of carbonyl (C=O) groups excluding carboxylic acids is 2. The summed E-state index contributed by atoms with van der Waals surface area (Å²) in [7, 11) is 0. The maximum absolute atomic E-state index is 13.2. The Kier molecular flexibility index (Phi) is 5.53. The Morgan fingerprint density at radius 3 is 2.57 bits per heavy atom. The Balaban J connectivity index is 1.73.